The van der Waals surface area contributed by atoms with E-state index in [1.54, 1.807) is 5.56 Å². The monoisotopic (exact) mass is 223 g/mol. The molecule has 0 amide bonds. The van der Waals surface area contributed by atoms with Crippen molar-refractivity contribution in [3.63, 3.8) is 0 Å². The van der Waals surface area contributed by atoms with Crippen molar-refractivity contribution in [3.05, 3.63) is 27.7 Å². The van der Waals surface area contributed by atoms with E-state index in [0.717, 1.165) is 0 Å². The van der Waals surface area contributed by atoms with Crippen molar-refractivity contribution in [2.45, 2.75) is 12.8 Å². The van der Waals surface area contributed by atoms with Gasteiger partial charge in [0, 0.05) is 23.2 Å². The van der Waals surface area contributed by atoms with Gasteiger partial charge in [-0.3, -0.25) is 0 Å². The molecule has 0 aromatic heterocycles. The van der Waals surface area contributed by atoms with Gasteiger partial charge in [0.2, 0.25) is 0 Å². The van der Waals surface area contributed by atoms with E-state index in [1.807, 2.05) is 0 Å². The lowest BCUT2D eigenvalue weighted by molar-refractivity contribution is 0.854. The Kier molecular flexibility index (Phi) is 1.31. The lowest BCUT2D eigenvalue weighted by Gasteiger charge is -2.10. The van der Waals surface area contributed by atoms with Crippen LogP contribution in [0.4, 0.5) is 5.69 Å². The highest BCUT2D eigenvalue weighted by Crippen LogP contribution is 2.40. The largest absolute Gasteiger partial charge is 0.370 e. The van der Waals surface area contributed by atoms with Gasteiger partial charge in [-0.2, -0.15) is 0 Å². The van der Waals surface area contributed by atoms with E-state index in [1.165, 1.54) is 41.7 Å². The molecule has 2 heterocycles. The minimum absolute atomic E-state index is 1.23. The van der Waals surface area contributed by atoms with Gasteiger partial charge >= 0.3 is 0 Å². The van der Waals surface area contributed by atoms with E-state index in [9.17, 15) is 0 Å². The Hall–Kier alpha value is -0.500. The first kappa shape index (κ1) is 6.96. The second-order valence-corrected chi connectivity index (χ2v) is 4.38. The van der Waals surface area contributed by atoms with Gasteiger partial charge in [0.1, 0.15) is 0 Å². The van der Waals surface area contributed by atoms with Gasteiger partial charge in [0.25, 0.3) is 0 Å². The van der Waals surface area contributed by atoms with Gasteiger partial charge < -0.3 is 4.90 Å². The number of benzene rings is 1. The highest BCUT2D eigenvalue weighted by Gasteiger charge is 2.28. The maximum Gasteiger partial charge on any atom is 0.0444 e. The lowest BCUT2D eigenvalue weighted by atomic mass is 10.1. The van der Waals surface area contributed by atoms with Crippen molar-refractivity contribution >= 4 is 21.6 Å². The minimum atomic E-state index is 1.23. The van der Waals surface area contributed by atoms with E-state index in [-0.39, 0.29) is 0 Å². The maximum atomic E-state index is 3.61. The Morgan fingerprint density at radius 2 is 2.00 bits per heavy atom. The van der Waals surface area contributed by atoms with Crippen LogP contribution in [0, 0.1) is 0 Å². The first-order valence-electron chi connectivity index (χ1n) is 4.41. The average molecular weight is 224 g/mol. The molecule has 1 aromatic rings. The van der Waals surface area contributed by atoms with Crippen LogP contribution in [0.1, 0.15) is 11.1 Å². The van der Waals surface area contributed by atoms with Crippen molar-refractivity contribution in [2.75, 3.05) is 18.0 Å². The molecule has 3 rings (SSSR count). The third-order valence-electron chi connectivity index (χ3n) is 2.91. The van der Waals surface area contributed by atoms with Gasteiger partial charge in [-0.15, -0.1) is 0 Å². The molecule has 0 bridgehead atoms. The first-order chi connectivity index (χ1) is 5.86. The molecular formula is C10H10BrN. The summed E-state index contributed by atoms with van der Waals surface area (Å²) in [5.41, 5.74) is 4.61. The van der Waals surface area contributed by atoms with Crippen molar-refractivity contribution < 1.29 is 0 Å². The summed E-state index contributed by atoms with van der Waals surface area (Å²) in [7, 11) is 0. The molecule has 12 heavy (non-hydrogen) atoms. The number of hydrogen-bond acceptors (Lipinski definition) is 1. The van der Waals surface area contributed by atoms with E-state index in [2.05, 4.69) is 33.0 Å². The molecule has 62 valence electrons. The molecule has 2 aliphatic rings. The van der Waals surface area contributed by atoms with Gasteiger partial charge in [0.15, 0.2) is 0 Å². The summed E-state index contributed by atoms with van der Waals surface area (Å²) in [5, 5.41) is 0. The summed E-state index contributed by atoms with van der Waals surface area (Å²) >= 11 is 3.61. The first-order valence-corrected chi connectivity index (χ1v) is 5.21. The Morgan fingerprint density at radius 3 is 2.92 bits per heavy atom. The van der Waals surface area contributed by atoms with Crippen LogP contribution in [-0.2, 0) is 12.8 Å². The Morgan fingerprint density at radius 1 is 1.17 bits per heavy atom. The predicted octanol–water partition coefficient (Wildman–Crippen LogP) is 2.37. The number of halogens is 1. The third-order valence-corrected chi connectivity index (χ3v) is 3.65. The zero-order valence-corrected chi connectivity index (χ0v) is 8.39. The number of rotatable bonds is 0. The molecule has 0 spiro atoms. The second kappa shape index (κ2) is 2.25. The predicted molar refractivity (Wildman–Crippen MR) is 53.8 cm³/mol. The zero-order chi connectivity index (χ0) is 8.13. The van der Waals surface area contributed by atoms with E-state index >= 15 is 0 Å². The highest BCUT2D eigenvalue weighted by atomic mass is 79.9. The van der Waals surface area contributed by atoms with Crippen molar-refractivity contribution in [3.8, 4) is 0 Å². The van der Waals surface area contributed by atoms with E-state index in [4.69, 9.17) is 0 Å². The summed E-state index contributed by atoms with van der Waals surface area (Å²) in [6, 6.07) is 4.46. The fraction of sp³-hybridized carbons (Fsp3) is 0.400. The Balaban J connectivity index is 2.32. The number of anilines is 1. The fourth-order valence-corrected chi connectivity index (χ4v) is 2.85. The molecule has 0 saturated carbocycles. The molecule has 0 aliphatic carbocycles. The molecule has 2 aliphatic heterocycles. The molecule has 0 radical (unpaired) electrons. The lowest BCUT2D eigenvalue weighted by Crippen LogP contribution is -2.17. The summed E-state index contributed by atoms with van der Waals surface area (Å²) in [5.74, 6) is 0. The molecule has 0 atom stereocenters. The van der Waals surface area contributed by atoms with Crippen molar-refractivity contribution in [1.29, 1.82) is 0 Å². The molecule has 1 aromatic carbocycles. The smallest absolute Gasteiger partial charge is 0.0444 e. The van der Waals surface area contributed by atoms with Gasteiger partial charge in [-0.1, -0.05) is 22.0 Å². The topological polar surface area (TPSA) is 3.24 Å². The van der Waals surface area contributed by atoms with Crippen LogP contribution in [0.2, 0.25) is 0 Å². The number of hydrogen-bond donors (Lipinski definition) is 0. The van der Waals surface area contributed by atoms with Crippen molar-refractivity contribution in [2.24, 2.45) is 0 Å². The number of nitrogens with zero attached hydrogens (tertiary/aromatic N) is 1. The fourth-order valence-electron chi connectivity index (χ4n) is 2.33. The maximum absolute atomic E-state index is 3.61. The summed E-state index contributed by atoms with van der Waals surface area (Å²) in [4.78, 5) is 2.51. The Bertz CT molecular complexity index is 346. The van der Waals surface area contributed by atoms with E-state index < -0.39 is 0 Å². The zero-order valence-electron chi connectivity index (χ0n) is 6.81. The highest BCUT2D eigenvalue weighted by molar-refractivity contribution is 9.10. The molecule has 0 fully saturated rings. The normalized spacial score (nSPS) is 18.6. The molecular weight excluding hydrogens is 214 g/mol. The van der Waals surface area contributed by atoms with Crippen LogP contribution in [0.3, 0.4) is 0 Å². The van der Waals surface area contributed by atoms with Gasteiger partial charge in [-0.25, -0.2) is 0 Å². The second-order valence-electron chi connectivity index (χ2n) is 3.52. The van der Waals surface area contributed by atoms with Crippen molar-refractivity contribution in [1.82, 2.24) is 0 Å². The van der Waals surface area contributed by atoms with Crippen LogP contribution < -0.4 is 4.90 Å². The van der Waals surface area contributed by atoms with E-state index in [0.29, 0.717) is 0 Å². The molecule has 0 unspecified atom stereocenters. The summed E-state index contributed by atoms with van der Waals surface area (Å²) in [6.07, 6.45) is 2.47. The molecule has 0 saturated heterocycles. The quantitative estimate of drug-likeness (QED) is 0.653. The van der Waals surface area contributed by atoms with Crippen LogP contribution in [-0.4, -0.2) is 13.1 Å². The SMILES string of the molecule is Brc1ccc2c3c1CCN3CC2. The summed E-state index contributed by atoms with van der Waals surface area (Å²) < 4.78 is 1.30. The summed E-state index contributed by atoms with van der Waals surface area (Å²) in [6.45, 7) is 2.46. The molecule has 1 nitrogen and oxygen atoms in total. The van der Waals surface area contributed by atoms with Crippen LogP contribution >= 0.6 is 15.9 Å². The molecule has 0 N–H and O–H groups in total. The van der Waals surface area contributed by atoms with Gasteiger partial charge in [-0.05, 0) is 30.0 Å². The minimum Gasteiger partial charge on any atom is -0.370 e. The van der Waals surface area contributed by atoms with Crippen LogP contribution in [0.15, 0.2) is 16.6 Å². The van der Waals surface area contributed by atoms with Crippen LogP contribution in [0.5, 0.6) is 0 Å². The third kappa shape index (κ3) is 0.738. The Labute approximate surface area is 80.5 Å². The standard InChI is InChI=1S/C10H10BrN/c11-9-2-1-7-3-5-12-6-4-8(9)10(7)12/h1-2H,3-6H2. The average Bonchev–Trinajstić information content (AvgIpc) is 2.61. The molecule has 2 heteroatoms. The van der Waals surface area contributed by atoms with Crippen LogP contribution in [0.25, 0.3) is 0 Å². The van der Waals surface area contributed by atoms with Gasteiger partial charge in [0.05, 0.1) is 0 Å².